The Kier molecular flexibility index (Phi) is 5.51. The maximum Gasteiger partial charge on any atom is 0.275 e. The number of ether oxygens (including phenoxy) is 2. The van der Waals surface area contributed by atoms with Crippen LogP contribution in [0.2, 0.25) is 0 Å². The van der Waals surface area contributed by atoms with E-state index in [1.807, 2.05) is 59.6 Å². The number of carbonyl (C=O) groups is 1. The molecule has 0 aliphatic carbocycles. The van der Waals surface area contributed by atoms with E-state index in [9.17, 15) is 4.79 Å². The number of hydrogen-bond acceptors (Lipinski definition) is 4. The highest BCUT2D eigenvalue weighted by Gasteiger charge is 2.25. The van der Waals surface area contributed by atoms with Gasteiger partial charge in [-0.05, 0) is 49.1 Å². The van der Waals surface area contributed by atoms with Gasteiger partial charge in [-0.3, -0.25) is 4.79 Å². The lowest BCUT2D eigenvalue weighted by atomic mass is 10.0. The predicted molar refractivity (Wildman–Crippen MR) is 112 cm³/mol. The molecule has 0 bridgehead atoms. The van der Waals surface area contributed by atoms with Crippen LogP contribution in [-0.2, 0) is 0 Å². The van der Waals surface area contributed by atoms with Crippen molar-refractivity contribution in [1.29, 1.82) is 0 Å². The maximum atomic E-state index is 13.3. The van der Waals surface area contributed by atoms with Gasteiger partial charge < -0.3 is 14.4 Å². The molecule has 2 aromatic carbocycles. The fraction of sp³-hybridized carbons (Fsp3) is 0.304. The molecule has 150 valence electrons. The van der Waals surface area contributed by atoms with E-state index in [-0.39, 0.29) is 5.91 Å². The zero-order valence-electron chi connectivity index (χ0n) is 16.8. The van der Waals surface area contributed by atoms with Crippen LogP contribution in [0.15, 0.2) is 54.7 Å². The van der Waals surface area contributed by atoms with Crippen LogP contribution in [0, 0.1) is 0 Å². The van der Waals surface area contributed by atoms with Gasteiger partial charge in [-0.15, -0.1) is 0 Å². The Morgan fingerprint density at radius 3 is 2.34 bits per heavy atom. The zero-order chi connectivity index (χ0) is 20.2. The second kappa shape index (κ2) is 8.39. The number of para-hydroxylation sites is 1. The van der Waals surface area contributed by atoms with E-state index in [4.69, 9.17) is 9.47 Å². The summed E-state index contributed by atoms with van der Waals surface area (Å²) in [4.78, 5) is 15.2. The first-order valence-corrected chi connectivity index (χ1v) is 9.88. The minimum absolute atomic E-state index is 0.0239. The van der Waals surface area contributed by atoms with Crippen LogP contribution >= 0.6 is 0 Å². The van der Waals surface area contributed by atoms with Crippen LogP contribution in [0.3, 0.4) is 0 Å². The largest absolute Gasteiger partial charge is 0.493 e. The van der Waals surface area contributed by atoms with Gasteiger partial charge in [-0.2, -0.15) is 5.10 Å². The van der Waals surface area contributed by atoms with E-state index in [1.54, 1.807) is 18.9 Å². The molecule has 0 atom stereocenters. The Balaban J connectivity index is 1.81. The fourth-order valence-corrected chi connectivity index (χ4v) is 3.71. The summed E-state index contributed by atoms with van der Waals surface area (Å²) in [7, 11) is 3.21. The monoisotopic (exact) mass is 391 g/mol. The molecule has 29 heavy (non-hydrogen) atoms. The van der Waals surface area contributed by atoms with E-state index in [2.05, 4.69) is 5.10 Å². The highest BCUT2D eigenvalue weighted by atomic mass is 16.5. The van der Waals surface area contributed by atoms with Crippen molar-refractivity contribution in [3.63, 3.8) is 0 Å². The van der Waals surface area contributed by atoms with Crippen LogP contribution in [0.1, 0.15) is 29.8 Å². The van der Waals surface area contributed by atoms with Crippen LogP contribution in [0.4, 0.5) is 0 Å². The Labute approximate surface area is 170 Å². The van der Waals surface area contributed by atoms with Crippen molar-refractivity contribution in [1.82, 2.24) is 14.7 Å². The molecule has 4 rings (SSSR count). The number of rotatable bonds is 5. The molecule has 6 nitrogen and oxygen atoms in total. The van der Waals surface area contributed by atoms with Crippen LogP contribution < -0.4 is 9.47 Å². The highest BCUT2D eigenvalue weighted by molar-refractivity contribution is 5.99. The van der Waals surface area contributed by atoms with Gasteiger partial charge in [0.15, 0.2) is 17.2 Å². The average Bonchev–Trinajstić information content (AvgIpc) is 3.24. The summed E-state index contributed by atoms with van der Waals surface area (Å²) < 4.78 is 12.6. The number of methoxy groups -OCH3 is 2. The molecule has 0 radical (unpaired) electrons. The molecular formula is C23H25N3O3. The molecule has 1 saturated heterocycles. The zero-order valence-corrected chi connectivity index (χ0v) is 16.8. The van der Waals surface area contributed by atoms with Crippen molar-refractivity contribution < 1.29 is 14.3 Å². The van der Waals surface area contributed by atoms with Gasteiger partial charge >= 0.3 is 0 Å². The standard InChI is InChI=1S/C23H25N3O3/c1-28-20-12-11-17(15-21(20)29-2)19-16-26(18-9-5-3-6-10-18)24-22(19)23(27)25-13-7-4-8-14-25/h3,5-6,9-12,15-16H,4,7-8,13-14H2,1-2H3. The molecule has 6 heteroatoms. The minimum Gasteiger partial charge on any atom is -0.493 e. The highest BCUT2D eigenvalue weighted by Crippen LogP contribution is 2.34. The van der Waals surface area contributed by atoms with Crippen molar-refractivity contribution >= 4 is 5.91 Å². The van der Waals surface area contributed by atoms with Gasteiger partial charge in [-0.1, -0.05) is 24.3 Å². The first-order valence-electron chi connectivity index (χ1n) is 9.88. The van der Waals surface area contributed by atoms with E-state index in [0.717, 1.165) is 42.7 Å². The first kappa shape index (κ1) is 19.1. The third kappa shape index (κ3) is 3.83. The van der Waals surface area contributed by atoms with Gasteiger partial charge in [0.2, 0.25) is 0 Å². The van der Waals surface area contributed by atoms with Crippen LogP contribution in [0.25, 0.3) is 16.8 Å². The van der Waals surface area contributed by atoms with Crippen molar-refractivity contribution in [2.45, 2.75) is 19.3 Å². The smallest absolute Gasteiger partial charge is 0.275 e. The van der Waals surface area contributed by atoms with Crippen LogP contribution in [0.5, 0.6) is 11.5 Å². The first-order chi connectivity index (χ1) is 14.2. The summed E-state index contributed by atoms with van der Waals surface area (Å²) >= 11 is 0. The van der Waals surface area contributed by atoms with Crippen molar-refractivity contribution in [3.8, 4) is 28.3 Å². The number of hydrogen-bond donors (Lipinski definition) is 0. The molecule has 1 aromatic heterocycles. The Hall–Kier alpha value is -3.28. The van der Waals surface area contributed by atoms with E-state index in [1.165, 1.54) is 6.42 Å². The number of amides is 1. The summed E-state index contributed by atoms with van der Waals surface area (Å²) in [5.41, 5.74) is 3.02. The predicted octanol–water partition coefficient (Wildman–Crippen LogP) is 4.18. The van der Waals surface area contributed by atoms with Gasteiger partial charge in [0.1, 0.15) is 0 Å². The normalized spacial score (nSPS) is 13.9. The Bertz CT molecular complexity index is 992. The molecule has 1 aliphatic rings. The summed E-state index contributed by atoms with van der Waals surface area (Å²) in [6, 6.07) is 15.5. The number of carbonyl (C=O) groups excluding carboxylic acids is 1. The molecule has 1 amide bonds. The van der Waals surface area contributed by atoms with Crippen LogP contribution in [-0.4, -0.2) is 47.9 Å². The van der Waals surface area contributed by atoms with Gasteiger partial charge in [0.25, 0.3) is 5.91 Å². The lowest BCUT2D eigenvalue weighted by molar-refractivity contribution is 0.0718. The molecule has 0 unspecified atom stereocenters. The molecule has 1 fully saturated rings. The molecular weight excluding hydrogens is 366 g/mol. The number of piperidine rings is 1. The number of likely N-dealkylation sites (tertiary alicyclic amines) is 1. The third-order valence-electron chi connectivity index (χ3n) is 5.28. The van der Waals surface area contributed by atoms with E-state index < -0.39 is 0 Å². The molecule has 0 N–H and O–H groups in total. The number of benzene rings is 2. The third-order valence-corrected chi connectivity index (χ3v) is 5.28. The minimum atomic E-state index is -0.0239. The lowest BCUT2D eigenvalue weighted by Gasteiger charge is -2.26. The summed E-state index contributed by atoms with van der Waals surface area (Å²) in [5, 5.41) is 4.68. The summed E-state index contributed by atoms with van der Waals surface area (Å²) in [6.07, 6.45) is 5.16. The SMILES string of the molecule is COc1ccc(-c2cn(-c3ccccc3)nc2C(=O)N2CCCCC2)cc1OC. The van der Waals surface area contributed by atoms with E-state index in [0.29, 0.717) is 17.2 Å². The fourth-order valence-electron chi connectivity index (χ4n) is 3.71. The Morgan fingerprint density at radius 1 is 0.931 bits per heavy atom. The van der Waals surface area contributed by atoms with Gasteiger partial charge in [-0.25, -0.2) is 4.68 Å². The van der Waals surface area contributed by atoms with Crippen molar-refractivity contribution in [2.75, 3.05) is 27.3 Å². The second-order valence-electron chi connectivity index (χ2n) is 7.09. The van der Waals surface area contributed by atoms with Gasteiger partial charge in [0, 0.05) is 24.8 Å². The molecule has 0 saturated carbocycles. The number of nitrogens with zero attached hydrogens (tertiary/aromatic N) is 3. The lowest BCUT2D eigenvalue weighted by Crippen LogP contribution is -2.36. The average molecular weight is 391 g/mol. The van der Waals surface area contributed by atoms with Crippen molar-refractivity contribution in [2.24, 2.45) is 0 Å². The molecule has 2 heterocycles. The van der Waals surface area contributed by atoms with E-state index >= 15 is 0 Å². The Morgan fingerprint density at radius 2 is 1.66 bits per heavy atom. The summed E-state index contributed by atoms with van der Waals surface area (Å²) in [5.74, 6) is 1.24. The van der Waals surface area contributed by atoms with Gasteiger partial charge in [0.05, 0.1) is 19.9 Å². The second-order valence-corrected chi connectivity index (χ2v) is 7.09. The molecule has 0 spiro atoms. The quantitative estimate of drug-likeness (QED) is 0.655. The molecule has 3 aromatic rings. The number of aromatic nitrogens is 2. The summed E-state index contributed by atoms with van der Waals surface area (Å²) in [6.45, 7) is 1.56. The molecule has 1 aliphatic heterocycles. The maximum absolute atomic E-state index is 13.3. The topological polar surface area (TPSA) is 56.6 Å². The van der Waals surface area contributed by atoms with Crippen molar-refractivity contribution in [3.05, 3.63) is 60.4 Å².